The van der Waals surface area contributed by atoms with E-state index in [2.05, 4.69) is 10.2 Å². The first kappa shape index (κ1) is 18.7. The van der Waals surface area contributed by atoms with Crippen LogP contribution >= 0.6 is 12.4 Å². The summed E-state index contributed by atoms with van der Waals surface area (Å²) in [7, 11) is 0. The number of nitrogens with one attached hydrogen (secondary N) is 1. The summed E-state index contributed by atoms with van der Waals surface area (Å²) in [6.45, 7) is 4.53. The highest BCUT2D eigenvalue weighted by molar-refractivity contribution is 5.90. The molecule has 2 aliphatic rings. The van der Waals surface area contributed by atoms with E-state index in [1.165, 1.54) is 0 Å². The number of carbonyl (C=O) groups excluding carboxylic acids is 1. The van der Waals surface area contributed by atoms with Gasteiger partial charge in [-0.15, -0.1) is 12.4 Å². The smallest absolute Gasteiger partial charge is 0.228 e. The molecule has 1 N–H and O–H groups in total. The fourth-order valence-corrected chi connectivity index (χ4v) is 3.38. The molecule has 0 bridgehead atoms. The largest absolute Gasteiger partial charge is 0.376 e. The number of aromatic nitrogens is 2. The maximum Gasteiger partial charge on any atom is 0.228 e. The molecular weight excluding hydrogens is 354 g/mol. The topological polar surface area (TPSA) is 70.6 Å². The van der Waals surface area contributed by atoms with Crippen LogP contribution in [0, 0.1) is 0 Å². The lowest BCUT2D eigenvalue weighted by Gasteiger charge is -2.32. The number of anilines is 2. The normalized spacial score (nSPS) is 20.1. The Bertz CT molecular complexity index is 745. The minimum absolute atomic E-state index is 0. The van der Waals surface area contributed by atoms with Crippen molar-refractivity contribution >= 4 is 41.5 Å². The lowest BCUT2D eigenvalue weighted by Crippen LogP contribution is -2.46. The Morgan fingerprint density at radius 3 is 2.73 bits per heavy atom. The van der Waals surface area contributed by atoms with Gasteiger partial charge >= 0.3 is 0 Å². The van der Waals surface area contributed by atoms with Gasteiger partial charge in [0.25, 0.3) is 0 Å². The second-order valence-corrected chi connectivity index (χ2v) is 6.53. The number of nitrogens with zero attached hydrogens (tertiary/aromatic N) is 4. The Kier molecular flexibility index (Phi) is 6.11. The van der Waals surface area contributed by atoms with Gasteiger partial charge in [0.2, 0.25) is 12.4 Å². The standard InChI is InChI=1S/C18H23N5O2.ClH/c24-13-22-7-9-23(10-8-22)18-20-16-6-2-1-5-15(16)17(21-18)19-12-14-4-3-11-25-14;/h1-2,5-6,13-14H,3-4,7-12H2,(H,19,20,21);1H. The molecule has 0 saturated carbocycles. The minimum Gasteiger partial charge on any atom is -0.376 e. The first-order valence-electron chi connectivity index (χ1n) is 8.90. The molecule has 0 aliphatic carbocycles. The molecule has 26 heavy (non-hydrogen) atoms. The van der Waals surface area contributed by atoms with Gasteiger partial charge in [-0.25, -0.2) is 4.98 Å². The van der Waals surface area contributed by atoms with Crippen molar-refractivity contribution in [2.75, 3.05) is 49.5 Å². The lowest BCUT2D eigenvalue weighted by atomic mass is 10.2. The van der Waals surface area contributed by atoms with Crippen molar-refractivity contribution in [2.24, 2.45) is 0 Å². The van der Waals surface area contributed by atoms with E-state index in [0.29, 0.717) is 13.1 Å². The van der Waals surface area contributed by atoms with Crippen molar-refractivity contribution in [3.63, 3.8) is 0 Å². The van der Waals surface area contributed by atoms with Crippen molar-refractivity contribution < 1.29 is 9.53 Å². The predicted octanol–water partition coefficient (Wildman–Crippen LogP) is 1.92. The van der Waals surface area contributed by atoms with Crippen LogP contribution in [0.2, 0.25) is 0 Å². The molecule has 1 aromatic carbocycles. The molecule has 140 valence electrons. The highest BCUT2D eigenvalue weighted by Crippen LogP contribution is 2.24. The molecule has 2 aromatic rings. The minimum atomic E-state index is 0. The molecule has 1 unspecified atom stereocenters. The Balaban J connectivity index is 0.00000196. The van der Waals surface area contributed by atoms with E-state index in [4.69, 9.17) is 14.7 Å². The maximum atomic E-state index is 10.9. The van der Waals surface area contributed by atoms with E-state index in [0.717, 1.165) is 68.2 Å². The van der Waals surface area contributed by atoms with Gasteiger partial charge in [0.1, 0.15) is 5.82 Å². The van der Waals surface area contributed by atoms with Gasteiger partial charge in [-0.3, -0.25) is 4.79 Å². The highest BCUT2D eigenvalue weighted by atomic mass is 35.5. The number of ether oxygens (including phenoxy) is 1. The Morgan fingerprint density at radius 2 is 2.00 bits per heavy atom. The fourth-order valence-electron chi connectivity index (χ4n) is 3.38. The molecule has 7 nitrogen and oxygen atoms in total. The number of fused-ring (bicyclic) bond motifs is 1. The first-order valence-corrected chi connectivity index (χ1v) is 8.90. The third kappa shape index (κ3) is 3.99. The molecule has 3 heterocycles. The van der Waals surface area contributed by atoms with Crippen LogP contribution < -0.4 is 10.2 Å². The summed E-state index contributed by atoms with van der Waals surface area (Å²) in [5.74, 6) is 1.58. The van der Waals surface area contributed by atoms with Gasteiger partial charge in [-0.2, -0.15) is 4.98 Å². The Hall–Kier alpha value is -2.12. The molecule has 2 aliphatic heterocycles. The molecule has 0 spiro atoms. The van der Waals surface area contributed by atoms with Gasteiger partial charge in [0.05, 0.1) is 11.6 Å². The maximum absolute atomic E-state index is 10.9. The highest BCUT2D eigenvalue weighted by Gasteiger charge is 2.20. The van der Waals surface area contributed by atoms with E-state index < -0.39 is 0 Å². The van der Waals surface area contributed by atoms with Crippen LogP contribution in [0.5, 0.6) is 0 Å². The second kappa shape index (κ2) is 8.51. The van der Waals surface area contributed by atoms with E-state index in [1.807, 2.05) is 24.3 Å². The predicted molar refractivity (Wildman–Crippen MR) is 104 cm³/mol. The van der Waals surface area contributed by atoms with Crippen LogP contribution in [0.25, 0.3) is 10.9 Å². The zero-order valence-electron chi connectivity index (χ0n) is 14.6. The third-order valence-electron chi connectivity index (χ3n) is 4.86. The SMILES string of the molecule is Cl.O=CN1CCN(c2nc(NCC3CCCO3)c3ccccc3n2)CC1. The summed E-state index contributed by atoms with van der Waals surface area (Å²) in [6.07, 6.45) is 3.39. The van der Waals surface area contributed by atoms with Gasteiger partial charge in [-0.1, -0.05) is 12.1 Å². The van der Waals surface area contributed by atoms with Gasteiger partial charge in [0.15, 0.2) is 0 Å². The number of amides is 1. The quantitative estimate of drug-likeness (QED) is 0.803. The van der Waals surface area contributed by atoms with E-state index in [9.17, 15) is 4.79 Å². The molecule has 1 atom stereocenters. The van der Waals surface area contributed by atoms with Crippen LogP contribution in [0.3, 0.4) is 0 Å². The summed E-state index contributed by atoms with van der Waals surface area (Å²) in [4.78, 5) is 24.3. The zero-order chi connectivity index (χ0) is 17.1. The molecule has 1 aromatic heterocycles. The Morgan fingerprint density at radius 1 is 1.19 bits per heavy atom. The molecule has 1 amide bonds. The number of hydrogen-bond acceptors (Lipinski definition) is 6. The van der Waals surface area contributed by atoms with E-state index in [-0.39, 0.29) is 18.5 Å². The number of para-hydroxylation sites is 1. The van der Waals surface area contributed by atoms with Crippen LogP contribution in [0.1, 0.15) is 12.8 Å². The van der Waals surface area contributed by atoms with Gasteiger partial charge in [0, 0.05) is 44.7 Å². The van der Waals surface area contributed by atoms with Crippen LogP contribution in [0.4, 0.5) is 11.8 Å². The van der Waals surface area contributed by atoms with E-state index in [1.54, 1.807) is 4.90 Å². The van der Waals surface area contributed by atoms with Crippen molar-refractivity contribution in [1.82, 2.24) is 14.9 Å². The van der Waals surface area contributed by atoms with Gasteiger partial charge < -0.3 is 19.9 Å². The average Bonchev–Trinajstić information content (AvgIpc) is 3.19. The summed E-state index contributed by atoms with van der Waals surface area (Å²) in [5.41, 5.74) is 0.931. The number of carbonyl (C=O) groups is 1. The number of rotatable bonds is 5. The summed E-state index contributed by atoms with van der Waals surface area (Å²) in [5, 5.41) is 4.48. The molecule has 0 radical (unpaired) electrons. The first-order chi connectivity index (χ1) is 12.3. The average molecular weight is 378 g/mol. The molecule has 2 saturated heterocycles. The number of hydrogen-bond donors (Lipinski definition) is 1. The van der Waals surface area contributed by atoms with Crippen LogP contribution in [-0.2, 0) is 9.53 Å². The number of halogens is 1. The molecule has 4 rings (SSSR count). The second-order valence-electron chi connectivity index (χ2n) is 6.53. The monoisotopic (exact) mass is 377 g/mol. The van der Waals surface area contributed by atoms with Crippen molar-refractivity contribution in [1.29, 1.82) is 0 Å². The van der Waals surface area contributed by atoms with Crippen LogP contribution in [0.15, 0.2) is 24.3 Å². The summed E-state index contributed by atoms with van der Waals surface area (Å²) >= 11 is 0. The summed E-state index contributed by atoms with van der Waals surface area (Å²) < 4.78 is 5.70. The molecule has 2 fully saturated rings. The molecule has 8 heteroatoms. The third-order valence-corrected chi connectivity index (χ3v) is 4.86. The molecular formula is C18H24ClN5O2. The fraction of sp³-hybridized carbons (Fsp3) is 0.500. The van der Waals surface area contributed by atoms with Gasteiger partial charge in [-0.05, 0) is 25.0 Å². The zero-order valence-corrected chi connectivity index (χ0v) is 15.5. The lowest BCUT2D eigenvalue weighted by molar-refractivity contribution is -0.118. The van der Waals surface area contributed by atoms with Crippen molar-refractivity contribution in [3.05, 3.63) is 24.3 Å². The van der Waals surface area contributed by atoms with Crippen molar-refractivity contribution in [3.8, 4) is 0 Å². The Labute approximate surface area is 159 Å². The van der Waals surface area contributed by atoms with E-state index >= 15 is 0 Å². The number of piperazine rings is 1. The summed E-state index contributed by atoms with van der Waals surface area (Å²) in [6, 6.07) is 8.06. The van der Waals surface area contributed by atoms with Crippen molar-refractivity contribution in [2.45, 2.75) is 18.9 Å². The van der Waals surface area contributed by atoms with Crippen LogP contribution in [-0.4, -0.2) is 66.7 Å². The number of benzene rings is 1.